The molecule has 0 saturated carbocycles. The Bertz CT molecular complexity index is 701. The van der Waals surface area contributed by atoms with Crippen LogP contribution in [0.1, 0.15) is 41.8 Å². The molecule has 0 spiro atoms. The highest BCUT2D eigenvalue weighted by Crippen LogP contribution is 2.23. The first-order valence-electron chi connectivity index (χ1n) is 7.85. The molecule has 0 saturated heterocycles. The van der Waals surface area contributed by atoms with Gasteiger partial charge in [0, 0.05) is 27.4 Å². The number of aryl methyl sites for hydroxylation is 3. The normalized spacial score (nSPS) is 14.7. The van der Waals surface area contributed by atoms with Crippen LogP contribution < -0.4 is 4.57 Å². The predicted octanol–water partition coefficient (Wildman–Crippen LogP) is 2.88. The first-order chi connectivity index (χ1) is 10.00. The standard InChI is InChI=1S/C16H22N3/c1-11-7-8-13(19(6)10-11)14-12(2)9-17-15(18-14)16(3,4)5/h7-10H,1-6H3/q+1/i1D3. The van der Waals surface area contributed by atoms with E-state index in [1.165, 1.54) is 0 Å². The minimum absolute atomic E-state index is 0.139. The highest BCUT2D eigenvalue weighted by molar-refractivity contribution is 5.55. The number of hydrogen-bond donors (Lipinski definition) is 0. The molecule has 0 amide bonds. The van der Waals surface area contributed by atoms with Crippen molar-refractivity contribution in [2.24, 2.45) is 7.05 Å². The highest BCUT2D eigenvalue weighted by Gasteiger charge is 2.21. The summed E-state index contributed by atoms with van der Waals surface area (Å²) in [4.78, 5) is 9.11. The molecule has 2 rings (SSSR count). The second-order valence-electron chi connectivity index (χ2n) is 5.89. The molecule has 0 aliphatic rings. The molecule has 3 heteroatoms. The number of pyridine rings is 1. The van der Waals surface area contributed by atoms with Gasteiger partial charge in [-0.3, -0.25) is 0 Å². The minimum Gasteiger partial charge on any atom is -0.240 e. The lowest BCUT2D eigenvalue weighted by Crippen LogP contribution is -2.31. The lowest BCUT2D eigenvalue weighted by molar-refractivity contribution is -0.660. The van der Waals surface area contributed by atoms with Crippen LogP contribution >= 0.6 is 0 Å². The van der Waals surface area contributed by atoms with Crippen LogP contribution in [0.5, 0.6) is 0 Å². The van der Waals surface area contributed by atoms with Crippen LogP contribution in [-0.2, 0) is 12.5 Å². The Morgan fingerprint density at radius 2 is 2.00 bits per heavy atom. The molecular formula is C16H22N3+. The zero-order valence-corrected chi connectivity index (χ0v) is 12.2. The van der Waals surface area contributed by atoms with E-state index in [1.807, 2.05) is 30.8 Å². The average molecular weight is 259 g/mol. The molecule has 0 radical (unpaired) electrons. The number of hydrogen-bond acceptors (Lipinski definition) is 2. The molecule has 0 unspecified atom stereocenters. The van der Waals surface area contributed by atoms with Crippen LogP contribution in [0.25, 0.3) is 11.4 Å². The maximum atomic E-state index is 7.50. The summed E-state index contributed by atoms with van der Waals surface area (Å²) in [7, 11) is 1.84. The van der Waals surface area contributed by atoms with Crippen molar-refractivity contribution in [3.05, 3.63) is 41.5 Å². The van der Waals surface area contributed by atoms with E-state index < -0.39 is 6.85 Å². The lowest BCUT2D eigenvalue weighted by Gasteiger charge is -2.17. The Labute approximate surface area is 119 Å². The minimum atomic E-state index is -2.10. The van der Waals surface area contributed by atoms with Gasteiger partial charge < -0.3 is 0 Å². The van der Waals surface area contributed by atoms with Crippen molar-refractivity contribution in [1.82, 2.24) is 9.97 Å². The highest BCUT2D eigenvalue weighted by atomic mass is 15.0. The first kappa shape index (κ1) is 10.1. The molecule has 0 aromatic carbocycles. The average Bonchev–Trinajstić information content (AvgIpc) is 2.37. The molecule has 2 aromatic heterocycles. The fourth-order valence-corrected chi connectivity index (χ4v) is 1.92. The molecule has 0 atom stereocenters. The Balaban J connectivity index is 2.57. The van der Waals surface area contributed by atoms with Crippen molar-refractivity contribution in [2.45, 2.75) is 40.0 Å². The second kappa shape index (κ2) is 4.72. The third-order valence-corrected chi connectivity index (χ3v) is 3.02. The van der Waals surface area contributed by atoms with Gasteiger partial charge in [-0.15, -0.1) is 0 Å². The number of aromatic nitrogens is 3. The maximum Gasteiger partial charge on any atom is 0.231 e. The van der Waals surface area contributed by atoms with E-state index in [-0.39, 0.29) is 5.41 Å². The van der Waals surface area contributed by atoms with Crippen molar-refractivity contribution in [3.8, 4) is 11.4 Å². The molecule has 2 heterocycles. The van der Waals surface area contributed by atoms with Gasteiger partial charge in [0.05, 0.1) is 0 Å². The predicted molar refractivity (Wildman–Crippen MR) is 76.8 cm³/mol. The molecule has 0 fully saturated rings. The van der Waals surface area contributed by atoms with Crippen molar-refractivity contribution in [1.29, 1.82) is 0 Å². The molecule has 2 aromatic rings. The van der Waals surface area contributed by atoms with Crippen LogP contribution in [0.3, 0.4) is 0 Å². The van der Waals surface area contributed by atoms with Gasteiger partial charge in [-0.2, -0.15) is 4.57 Å². The fourth-order valence-electron chi connectivity index (χ4n) is 1.92. The van der Waals surface area contributed by atoms with Crippen LogP contribution in [0.2, 0.25) is 0 Å². The summed E-state index contributed by atoms with van der Waals surface area (Å²) in [5.41, 5.74) is 2.85. The van der Waals surface area contributed by atoms with Gasteiger partial charge in [0.25, 0.3) is 0 Å². The fraction of sp³-hybridized carbons (Fsp3) is 0.438. The van der Waals surface area contributed by atoms with E-state index in [0.29, 0.717) is 5.56 Å². The van der Waals surface area contributed by atoms with E-state index in [9.17, 15) is 0 Å². The molecule has 0 N–H and O–H groups in total. The van der Waals surface area contributed by atoms with Crippen molar-refractivity contribution >= 4 is 0 Å². The third kappa shape index (κ3) is 2.80. The van der Waals surface area contributed by atoms with Crippen LogP contribution in [0.4, 0.5) is 0 Å². The van der Waals surface area contributed by atoms with Crippen molar-refractivity contribution in [3.63, 3.8) is 0 Å². The van der Waals surface area contributed by atoms with E-state index in [2.05, 4.69) is 25.8 Å². The Hall–Kier alpha value is -1.77. The molecule has 0 bridgehead atoms. The summed E-state index contributed by atoms with van der Waals surface area (Å²) in [6.45, 7) is 6.06. The maximum absolute atomic E-state index is 7.50. The molecular weight excluding hydrogens is 234 g/mol. The van der Waals surface area contributed by atoms with Gasteiger partial charge in [-0.25, -0.2) is 9.97 Å². The zero-order chi connectivity index (χ0) is 16.7. The lowest BCUT2D eigenvalue weighted by atomic mass is 9.95. The Morgan fingerprint density at radius 3 is 2.58 bits per heavy atom. The summed E-state index contributed by atoms with van der Waals surface area (Å²) in [6.07, 6.45) is 3.46. The molecule has 100 valence electrons. The quantitative estimate of drug-likeness (QED) is 0.737. The molecule has 0 aliphatic carbocycles. The van der Waals surface area contributed by atoms with Crippen molar-refractivity contribution < 1.29 is 8.68 Å². The molecule has 3 nitrogen and oxygen atoms in total. The van der Waals surface area contributed by atoms with Crippen LogP contribution in [0.15, 0.2) is 24.5 Å². The Kier molecular flexibility index (Phi) is 2.50. The van der Waals surface area contributed by atoms with E-state index >= 15 is 0 Å². The van der Waals surface area contributed by atoms with Gasteiger partial charge in [0.2, 0.25) is 5.69 Å². The summed E-state index contributed by atoms with van der Waals surface area (Å²) in [5.74, 6) is 0.771. The van der Waals surface area contributed by atoms with E-state index in [4.69, 9.17) is 9.10 Å². The van der Waals surface area contributed by atoms with Gasteiger partial charge in [-0.1, -0.05) is 20.8 Å². The Morgan fingerprint density at radius 1 is 1.26 bits per heavy atom. The summed E-state index contributed by atoms with van der Waals surface area (Å²) in [6, 6.07) is 3.45. The van der Waals surface area contributed by atoms with Crippen LogP contribution in [-0.4, -0.2) is 9.97 Å². The van der Waals surface area contributed by atoms with E-state index in [1.54, 1.807) is 12.3 Å². The zero-order valence-electron chi connectivity index (χ0n) is 15.2. The van der Waals surface area contributed by atoms with Gasteiger partial charge in [-0.05, 0) is 25.4 Å². The van der Waals surface area contributed by atoms with Gasteiger partial charge in [0.1, 0.15) is 18.6 Å². The first-order valence-corrected chi connectivity index (χ1v) is 6.35. The van der Waals surface area contributed by atoms with Gasteiger partial charge >= 0.3 is 0 Å². The molecule has 19 heavy (non-hydrogen) atoms. The number of nitrogens with zero attached hydrogens (tertiary/aromatic N) is 3. The SMILES string of the molecule is [2H]C([2H])([2H])c1ccc(-c2nc(C(C)(C)C)ncc2C)[n+](C)c1. The monoisotopic (exact) mass is 259 g/mol. The summed E-state index contributed by atoms with van der Waals surface area (Å²) >= 11 is 0. The van der Waals surface area contributed by atoms with Gasteiger partial charge in [0.15, 0.2) is 6.20 Å². The molecule has 0 aliphatic heterocycles. The third-order valence-electron chi connectivity index (χ3n) is 3.02. The largest absolute Gasteiger partial charge is 0.240 e. The van der Waals surface area contributed by atoms with E-state index in [0.717, 1.165) is 22.8 Å². The summed E-state index contributed by atoms with van der Waals surface area (Å²) < 4.78 is 24.3. The van der Waals surface area contributed by atoms with Crippen molar-refractivity contribution in [2.75, 3.05) is 0 Å². The topological polar surface area (TPSA) is 29.7 Å². The number of rotatable bonds is 1. The summed E-state index contributed by atoms with van der Waals surface area (Å²) in [5, 5.41) is 0. The van der Waals surface area contributed by atoms with Crippen LogP contribution in [0, 0.1) is 13.8 Å². The smallest absolute Gasteiger partial charge is 0.231 e. The second-order valence-corrected chi connectivity index (χ2v) is 5.89.